The summed E-state index contributed by atoms with van der Waals surface area (Å²) in [5.41, 5.74) is 0.332. The van der Waals surface area contributed by atoms with Gasteiger partial charge in [-0.25, -0.2) is 8.78 Å². The number of ether oxygens (including phenoxy) is 2. The molecule has 0 atom stereocenters. The van der Waals surface area contributed by atoms with Gasteiger partial charge in [0.15, 0.2) is 0 Å². The first-order valence-electron chi connectivity index (χ1n) is 6.70. The highest BCUT2D eigenvalue weighted by Gasteiger charge is 2.09. The van der Waals surface area contributed by atoms with Gasteiger partial charge in [-0.1, -0.05) is 6.07 Å². The van der Waals surface area contributed by atoms with Crippen molar-refractivity contribution in [1.82, 2.24) is 0 Å². The van der Waals surface area contributed by atoms with Crippen molar-refractivity contribution in [2.75, 3.05) is 19.5 Å². The third-order valence-electron chi connectivity index (χ3n) is 3.05. The molecule has 120 valence electrons. The number of hydrogen-bond acceptors (Lipinski definition) is 3. The zero-order valence-electron chi connectivity index (χ0n) is 12.6. The van der Waals surface area contributed by atoms with Crippen molar-refractivity contribution in [2.24, 2.45) is 0 Å². The van der Waals surface area contributed by atoms with Crippen molar-refractivity contribution in [2.45, 2.75) is 0 Å². The second-order valence-electron chi connectivity index (χ2n) is 4.52. The maximum absolute atomic E-state index is 13.5. The van der Waals surface area contributed by atoms with Crippen LogP contribution in [0, 0.1) is 11.6 Å². The summed E-state index contributed by atoms with van der Waals surface area (Å²) >= 11 is 0. The lowest BCUT2D eigenvalue weighted by molar-refractivity contribution is -0.111. The van der Waals surface area contributed by atoms with Crippen molar-refractivity contribution in [3.8, 4) is 11.5 Å². The number of benzene rings is 2. The lowest BCUT2D eigenvalue weighted by atomic mass is 10.1. The standard InChI is InChI=1S/C17H15F2NO3/c1-22-15-4-3-5-16(23-2)12(15)7-9-17(21)20-14-10-11(18)6-8-13(14)19/h3-10H,1-2H3,(H,20,21)/b9-7+. The molecule has 0 unspecified atom stereocenters. The van der Waals surface area contributed by atoms with Crippen molar-refractivity contribution in [1.29, 1.82) is 0 Å². The van der Waals surface area contributed by atoms with E-state index < -0.39 is 17.5 Å². The minimum absolute atomic E-state index is 0.230. The van der Waals surface area contributed by atoms with Gasteiger partial charge in [-0.05, 0) is 30.3 Å². The minimum Gasteiger partial charge on any atom is -0.496 e. The number of nitrogens with one attached hydrogen (secondary N) is 1. The first kappa shape index (κ1) is 16.5. The molecule has 1 amide bonds. The summed E-state index contributed by atoms with van der Waals surface area (Å²) in [5, 5.41) is 2.27. The van der Waals surface area contributed by atoms with Crippen molar-refractivity contribution >= 4 is 17.7 Å². The molecule has 2 aromatic rings. The number of anilines is 1. The maximum atomic E-state index is 13.5. The van der Waals surface area contributed by atoms with E-state index in [1.165, 1.54) is 26.4 Å². The Morgan fingerprint density at radius 2 is 1.74 bits per heavy atom. The SMILES string of the molecule is COc1cccc(OC)c1/C=C/C(=O)Nc1cc(F)ccc1F. The van der Waals surface area contributed by atoms with Crippen LogP contribution in [0.4, 0.5) is 14.5 Å². The molecule has 0 aliphatic carbocycles. The molecule has 0 aliphatic heterocycles. The molecule has 6 heteroatoms. The molecular weight excluding hydrogens is 304 g/mol. The molecule has 0 saturated carbocycles. The van der Waals surface area contributed by atoms with Crippen molar-refractivity contribution in [3.63, 3.8) is 0 Å². The number of rotatable bonds is 5. The monoisotopic (exact) mass is 319 g/mol. The quantitative estimate of drug-likeness (QED) is 0.856. The summed E-state index contributed by atoms with van der Waals surface area (Å²) in [6.07, 6.45) is 2.66. The highest BCUT2D eigenvalue weighted by atomic mass is 19.1. The predicted octanol–water partition coefficient (Wildman–Crippen LogP) is 3.63. The molecule has 0 saturated heterocycles. The Balaban J connectivity index is 2.20. The Morgan fingerprint density at radius 3 is 2.35 bits per heavy atom. The Bertz CT molecular complexity index is 722. The number of hydrogen-bond donors (Lipinski definition) is 1. The number of carbonyl (C=O) groups excluding carboxylic acids is 1. The van der Waals surface area contributed by atoms with Gasteiger partial charge in [0.2, 0.25) is 5.91 Å². The van der Waals surface area contributed by atoms with Gasteiger partial charge in [-0.3, -0.25) is 4.79 Å². The van der Waals surface area contributed by atoms with E-state index in [0.29, 0.717) is 17.1 Å². The van der Waals surface area contributed by atoms with Crippen LogP contribution >= 0.6 is 0 Å². The predicted molar refractivity (Wildman–Crippen MR) is 83.6 cm³/mol. The summed E-state index contributed by atoms with van der Waals surface area (Å²) < 4.78 is 37.0. The summed E-state index contributed by atoms with van der Waals surface area (Å²) in [6.45, 7) is 0. The summed E-state index contributed by atoms with van der Waals surface area (Å²) in [4.78, 5) is 11.9. The van der Waals surface area contributed by atoms with Gasteiger partial charge in [0.05, 0.1) is 25.5 Å². The highest BCUT2D eigenvalue weighted by molar-refractivity contribution is 6.02. The molecule has 0 radical (unpaired) electrons. The minimum atomic E-state index is -0.719. The second kappa shape index (κ2) is 7.40. The molecule has 0 aliphatic rings. The van der Waals surface area contributed by atoms with Crippen LogP contribution in [0.15, 0.2) is 42.5 Å². The number of carbonyl (C=O) groups is 1. The van der Waals surface area contributed by atoms with Gasteiger partial charge < -0.3 is 14.8 Å². The van der Waals surface area contributed by atoms with Gasteiger partial charge in [0.25, 0.3) is 0 Å². The number of halogens is 2. The van der Waals surface area contributed by atoms with Crippen LogP contribution in [-0.2, 0) is 4.79 Å². The summed E-state index contributed by atoms with van der Waals surface area (Å²) in [7, 11) is 2.99. The molecule has 0 aromatic heterocycles. The van der Waals surface area contributed by atoms with E-state index in [1.807, 2.05) is 0 Å². The van der Waals surface area contributed by atoms with Crippen LogP contribution in [0.2, 0.25) is 0 Å². The molecule has 1 N–H and O–H groups in total. The molecule has 0 heterocycles. The Hall–Kier alpha value is -2.89. The van der Waals surface area contributed by atoms with Gasteiger partial charge in [-0.15, -0.1) is 0 Å². The molecule has 2 aromatic carbocycles. The van der Waals surface area contributed by atoms with Crippen LogP contribution < -0.4 is 14.8 Å². The summed E-state index contributed by atoms with van der Waals surface area (Å²) in [6, 6.07) is 8.00. The van der Waals surface area contributed by atoms with Crippen LogP contribution in [0.25, 0.3) is 6.08 Å². The van der Waals surface area contributed by atoms with E-state index in [4.69, 9.17) is 9.47 Å². The highest BCUT2D eigenvalue weighted by Crippen LogP contribution is 2.29. The van der Waals surface area contributed by atoms with Crippen molar-refractivity contribution < 1.29 is 23.0 Å². The van der Waals surface area contributed by atoms with Gasteiger partial charge >= 0.3 is 0 Å². The van der Waals surface area contributed by atoms with E-state index >= 15 is 0 Å². The van der Waals surface area contributed by atoms with Crippen LogP contribution in [-0.4, -0.2) is 20.1 Å². The van der Waals surface area contributed by atoms with E-state index in [9.17, 15) is 13.6 Å². The first-order valence-corrected chi connectivity index (χ1v) is 6.70. The lowest BCUT2D eigenvalue weighted by Crippen LogP contribution is -2.09. The average molecular weight is 319 g/mol. The van der Waals surface area contributed by atoms with E-state index in [0.717, 1.165) is 18.2 Å². The Labute approximate surface area is 132 Å². The van der Waals surface area contributed by atoms with E-state index in [-0.39, 0.29) is 5.69 Å². The average Bonchev–Trinajstić information content (AvgIpc) is 2.55. The summed E-state index contributed by atoms with van der Waals surface area (Å²) in [5.74, 6) is -0.932. The number of amides is 1. The van der Waals surface area contributed by atoms with Gasteiger partial charge in [0.1, 0.15) is 23.1 Å². The fourth-order valence-corrected chi connectivity index (χ4v) is 1.97. The largest absolute Gasteiger partial charge is 0.496 e. The Morgan fingerprint density at radius 1 is 1.09 bits per heavy atom. The van der Waals surface area contributed by atoms with Gasteiger partial charge in [0, 0.05) is 12.1 Å². The molecule has 2 rings (SSSR count). The zero-order chi connectivity index (χ0) is 16.8. The topological polar surface area (TPSA) is 47.6 Å². The third kappa shape index (κ3) is 4.06. The molecule has 23 heavy (non-hydrogen) atoms. The lowest BCUT2D eigenvalue weighted by Gasteiger charge is -2.09. The Kier molecular flexibility index (Phi) is 5.30. The third-order valence-corrected chi connectivity index (χ3v) is 3.05. The fraction of sp³-hybridized carbons (Fsp3) is 0.118. The zero-order valence-corrected chi connectivity index (χ0v) is 12.6. The molecule has 0 spiro atoms. The molecule has 4 nitrogen and oxygen atoms in total. The number of methoxy groups -OCH3 is 2. The smallest absolute Gasteiger partial charge is 0.248 e. The van der Waals surface area contributed by atoms with Crippen molar-refractivity contribution in [3.05, 3.63) is 59.7 Å². The molecular formula is C17H15F2NO3. The van der Waals surface area contributed by atoms with Crippen LogP contribution in [0.1, 0.15) is 5.56 Å². The second-order valence-corrected chi connectivity index (χ2v) is 4.52. The normalized spacial score (nSPS) is 10.6. The molecule has 0 fully saturated rings. The first-order chi connectivity index (χ1) is 11.0. The molecule has 0 bridgehead atoms. The van der Waals surface area contributed by atoms with Gasteiger partial charge in [-0.2, -0.15) is 0 Å². The van der Waals surface area contributed by atoms with E-state index in [1.54, 1.807) is 18.2 Å². The maximum Gasteiger partial charge on any atom is 0.248 e. The van der Waals surface area contributed by atoms with E-state index in [2.05, 4.69) is 5.32 Å². The van der Waals surface area contributed by atoms with Crippen LogP contribution in [0.5, 0.6) is 11.5 Å². The fourth-order valence-electron chi connectivity index (χ4n) is 1.97. The van der Waals surface area contributed by atoms with Crippen LogP contribution in [0.3, 0.4) is 0 Å².